The number of aliphatic hydroxyl groups is 2. The van der Waals surface area contributed by atoms with Crippen molar-refractivity contribution in [1.82, 2.24) is 0 Å². The fraction of sp³-hybridized carbons (Fsp3) is 0.900. The number of ether oxygens (including phenoxy) is 4. The first-order valence-corrected chi connectivity index (χ1v) is 15.1. The van der Waals surface area contributed by atoms with Gasteiger partial charge in [-0.1, -0.05) is 32.3 Å². The van der Waals surface area contributed by atoms with Crippen LogP contribution in [0.1, 0.15) is 92.4 Å². The van der Waals surface area contributed by atoms with Gasteiger partial charge in [-0.25, -0.2) is 4.79 Å². The molecule has 9 atom stereocenters. The van der Waals surface area contributed by atoms with E-state index in [2.05, 4.69) is 6.58 Å². The molecule has 0 amide bonds. The Morgan fingerprint density at radius 3 is 1.60 bits per heavy atom. The zero-order valence-corrected chi connectivity index (χ0v) is 25.3. The van der Waals surface area contributed by atoms with Crippen LogP contribution in [0.3, 0.4) is 0 Å². The summed E-state index contributed by atoms with van der Waals surface area (Å²) in [6.07, 6.45) is -11.6. The molecule has 0 aromatic heterocycles. The Morgan fingerprint density at radius 1 is 0.837 bits per heavy atom. The predicted molar refractivity (Wildman–Crippen MR) is 142 cm³/mol. The fourth-order valence-electron chi connectivity index (χ4n) is 7.74. The van der Waals surface area contributed by atoms with Crippen LogP contribution in [-0.2, 0) is 23.7 Å². The minimum Gasteiger partial charge on any atom is -0.456 e. The van der Waals surface area contributed by atoms with E-state index in [9.17, 15) is 41.4 Å². The molecule has 2 saturated carbocycles. The molecule has 13 heteroatoms. The lowest BCUT2D eigenvalue weighted by atomic mass is 9.61. The van der Waals surface area contributed by atoms with E-state index in [1.54, 1.807) is 0 Å². The van der Waals surface area contributed by atoms with Gasteiger partial charge in [-0.05, 0) is 60.3 Å². The second-order valence-corrected chi connectivity index (χ2v) is 13.5. The average Bonchev–Trinajstić information content (AvgIpc) is 3.67. The van der Waals surface area contributed by atoms with Gasteiger partial charge in [0.05, 0.1) is 29.5 Å². The summed E-state index contributed by atoms with van der Waals surface area (Å²) in [6, 6.07) is 0. The van der Waals surface area contributed by atoms with Crippen LogP contribution in [0.2, 0.25) is 0 Å². The second-order valence-electron chi connectivity index (χ2n) is 13.5. The van der Waals surface area contributed by atoms with Gasteiger partial charge in [0.1, 0.15) is 12.2 Å². The molecule has 9 unspecified atom stereocenters. The molecule has 0 aromatic rings. The highest BCUT2D eigenvalue weighted by Crippen LogP contribution is 2.62. The molecule has 2 heterocycles. The smallest absolute Gasteiger partial charge is 0.419 e. The van der Waals surface area contributed by atoms with Crippen LogP contribution >= 0.6 is 0 Å². The minimum atomic E-state index is -5.00. The van der Waals surface area contributed by atoms with Crippen LogP contribution in [0.4, 0.5) is 26.3 Å². The third-order valence-electron chi connectivity index (χ3n) is 10.6. The zero-order valence-electron chi connectivity index (χ0n) is 25.3. The van der Waals surface area contributed by atoms with E-state index in [1.807, 2.05) is 0 Å². The van der Waals surface area contributed by atoms with Gasteiger partial charge >= 0.3 is 18.3 Å². The molecule has 4 aliphatic rings. The molecular weight excluding hydrogens is 586 g/mol. The summed E-state index contributed by atoms with van der Waals surface area (Å²) in [5.41, 5.74) is -8.70. The number of hydrogen-bond acceptors (Lipinski definition) is 7. The maximum Gasteiger partial charge on any atom is 0.419 e. The quantitative estimate of drug-likeness (QED) is 0.175. The Labute approximate surface area is 248 Å². The fourth-order valence-corrected chi connectivity index (χ4v) is 7.74. The van der Waals surface area contributed by atoms with Crippen molar-refractivity contribution in [2.24, 2.45) is 11.8 Å². The first kappa shape index (κ1) is 34.5. The molecule has 4 rings (SSSR count). The van der Waals surface area contributed by atoms with E-state index in [4.69, 9.17) is 18.9 Å². The number of halogens is 6. The monoisotopic (exact) mass is 630 g/mol. The summed E-state index contributed by atoms with van der Waals surface area (Å²) >= 11 is 0. The molecule has 0 aromatic carbocycles. The highest BCUT2D eigenvalue weighted by atomic mass is 19.4. The Morgan fingerprint density at radius 2 is 1.23 bits per heavy atom. The Bertz CT molecular complexity index is 1040. The maximum atomic E-state index is 13.9. The molecule has 2 aliphatic heterocycles. The van der Waals surface area contributed by atoms with Crippen molar-refractivity contribution < 1.29 is 60.3 Å². The number of hydrogen-bond donors (Lipinski definition) is 2. The van der Waals surface area contributed by atoms with Gasteiger partial charge in [0, 0.05) is 23.8 Å². The van der Waals surface area contributed by atoms with Crippen LogP contribution in [-0.4, -0.2) is 81.5 Å². The van der Waals surface area contributed by atoms with Crippen molar-refractivity contribution >= 4 is 5.97 Å². The van der Waals surface area contributed by atoms with Crippen molar-refractivity contribution in [1.29, 1.82) is 0 Å². The largest absolute Gasteiger partial charge is 0.456 e. The van der Waals surface area contributed by atoms with Crippen LogP contribution in [0, 0.1) is 11.8 Å². The molecule has 2 saturated heterocycles. The number of carbonyl (C=O) groups excluding carboxylic acids is 1. The number of rotatable bonds is 10. The summed E-state index contributed by atoms with van der Waals surface area (Å²) in [5.74, 6) is -2.02. The SMILES string of the molecule is C=C(C)C(=O)OC1CC2OC1C(C1(OC(C)C(C)(O)C(F)(F)F)CCCC1)C2C1(OC(C)C(C)(O)C(F)(F)F)CCCC1. The van der Waals surface area contributed by atoms with Crippen molar-refractivity contribution in [3.63, 3.8) is 0 Å². The molecule has 2 aliphatic carbocycles. The van der Waals surface area contributed by atoms with Crippen LogP contribution < -0.4 is 0 Å². The van der Waals surface area contributed by atoms with Crippen molar-refractivity contribution in [3.05, 3.63) is 12.2 Å². The van der Waals surface area contributed by atoms with Gasteiger partial charge < -0.3 is 29.2 Å². The summed E-state index contributed by atoms with van der Waals surface area (Å²) in [4.78, 5) is 12.5. The lowest BCUT2D eigenvalue weighted by Crippen LogP contribution is -2.63. The first-order valence-electron chi connectivity index (χ1n) is 15.1. The highest BCUT2D eigenvalue weighted by molar-refractivity contribution is 5.87. The van der Waals surface area contributed by atoms with E-state index in [-0.39, 0.29) is 12.0 Å². The van der Waals surface area contributed by atoms with E-state index >= 15 is 0 Å². The second kappa shape index (κ2) is 11.4. The number of esters is 1. The third kappa shape index (κ3) is 5.97. The Hall–Kier alpha value is -1.41. The van der Waals surface area contributed by atoms with Gasteiger partial charge in [-0.15, -0.1) is 0 Å². The molecule has 0 spiro atoms. The predicted octanol–water partition coefficient (Wildman–Crippen LogP) is 5.94. The van der Waals surface area contributed by atoms with Crippen molar-refractivity contribution in [2.75, 3.05) is 0 Å². The molecule has 7 nitrogen and oxygen atoms in total. The summed E-state index contributed by atoms with van der Waals surface area (Å²) in [6.45, 7) is 8.72. The van der Waals surface area contributed by atoms with Crippen molar-refractivity contribution in [3.8, 4) is 0 Å². The number of carbonyl (C=O) groups is 1. The third-order valence-corrected chi connectivity index (χ3v) is 10.6. The number of fused-ring (bicyclic) bond motifs is 2. The van der Waals surface area contributed by atoms with Gasteiger partial charge in [-0.2, -0.15) is 26.3 Å². The van der Waals surface area contributed by atoms with E-state index < -0.39 is 83.1 Å². The first-order chi connectivity index (χ1) is 19.6. The summed E-state index contributed by atoms with van der Waals surface area (Å²) in [7, 11) is 0. The maximum absolute atomic E-state index is 13.9. The van der Waals surface area contributed by atoms with Crippen LogP contribution in [0.25, 0.3) is 0 Å². The van der Waals surface area contributed by atoms with E-state index in [0.29, 0.717) is 65.2 Å². The standard InChI is InChI=1S/C30H44F6O7/c1-16(2)24(37)41-20-15-19-21(27(11-7-8-12-27)42-17(3)25(5,38)29(31,32)33)22(23(20)40-19)28(13-9-10-14-28)43-18(4)26(6,39)30(34,35)36/h17-23,38-39H,1,7-15H2,2-6H3. The van der Waals surface area contributed by atoms with Gasteiger partial charge in [0.15, 0.2) is 11.2 Å². The van der Waals surface area contributed by atoms with Crippen LogP contribution in [0.5, 0.6) is 0 Å². The van der Waals surface area contributed by atoms with E-state index in [1.165, 1.54) is 13.8 Å². The van der Waals surface area contributed by atoms with E-state index in [0.717, 1.165) is 6.92 Å². The lowest BCUT2D eigenvalue weighted by molar-refractivity contribution is -0.314. The molecule has 0 radical (unpaired) electrons. The Balaban J connectivity index is 1.78. The average molecular weight is 631 g/mol. The zero-order chi connectivity index (χ0) is 32.4. The molecule has 43 heavy (non-hydrogen) atoms. The van der Waals surface area contributed by atoms with Gasteiger partial charge in [0.2, 0.25) is 0 Å². The number of alkyl halides is 6. The summed E-state index contributed by atoms with van der Waals surface area (Å²) < 4.78 is 108. The molecule has 4 fully saturated rings. The van der Waals surface area contributed by atoms with Crippen LogP contribution in [0.15, 0.2) is 12.2 Å². The highest BCUT2D eigenvalue weighted by Gasteiger charge is 2.70. The molecule has 248 valence electrons. The minimum absolute atomic E-state index is 0.149. The normalized spacial score (nSPS) is 34.4. The molecule has 2 N–H and O–H groups in total. The topological polar surface area (TPSA) is 94.5 Å². The Kier molecular flexibility index (Phi) is 9.16. The molecule has 2 bridgehead atoms. The van der Waals surface area contributed by atoms with Gasteiger partial charge in [-0.3, -0.25) is 0 Å². The van der Waals surface area contributed by atoms with Gasteiger partial charge in [0.25, 0.3) is 0 Å². The lowest BCUT2D eigenvalue weighted by Gasteiger charge is -2.52. The summed E-state index contributed by atoms with van der Waals surface area (Å²) in [5, 5.41) is 21.0. The molecular formula is C30H44F6O7. The van der Waals surface area contributed by atoms with Crippen molar-refractivity contribution in [2.45, 2.75) is 158 Å².